The Hall–Kier alpha value is -1.06. The molecule has 1 saturated carbocycles. The molecule has 0 aromatic rings. The average molecular weight is 222 g/mol. The van der Waals surface area contributed by atoms with Crippen molar-refractivity contribution in [1.82, 2.24) is 9.80 Å². The molecule has 16 heavy (non-hydrogen) atoms. The largest absolute Gasteiger partial charge is 0.337 e. The summed E-state index contributed by atoms with van der Waals surface area (Å²) in [6, 6.07) is 0.302. The first kappa shape index (κ1) is 10.1. The van der Waals surface area contributed by atoms with Crippen LogP contribution < -0.4 is 0 Å². The Morgan fingerprint density at radius 2 is 1.75 bits per heavy atom. The maximum atomic E-state index is 12.3. The second-order valence-electron chi connectivity index (χ2n) is 5.11. The molecular formula is C12H18N2O2. The highest BCUT2D eigenvalue weighted by molar-refractivity contribution is 5.90. The standard InChI is InChI=1S/C12H18N2O2/c15-11-6-8-13(9-3-1-4-9)12(16)10-5-2-7-14(10)11/h9-10H,1-8H2. The monoisotopic (exact) mass is 222 g/mol. The van der Waals surface area contributed by atoms with Gasteiger partial charge in [0.1, 0.15) is 6.04 Å². The fraction of sp³-hybridized carbons (Fsp3) is 0.833. The third-order valence-corrected chi connectivity index (χ3v) is 4.22. The van der Waals surface area contributed by atoms with E-state index in [4.69, 9.17) is 0 Å². The van der Waals surface area contributed by atoms with Crippen molar-refractivity contribution in [2.75, 3.05) is 13.1 Å². The molecular weight excluding hydrogens is 204 g/mol. The molecule has 3 fully saturated rings. The lowest BCUT2D eigenvalue weighted by Crippen LogP contribution is -2.49. The minimum absolute atomic E-state index is 0.129. The van der Waals surface area contributed by atoms with Gasteiger partial charge in [0.15, 0.2) is 0 Å². The molecule has 2 amide bonds. The molecule has 0 N–H and O–H groups in total. The Labute approximate surface area is 95.6 Å². The molecule has 1 unspecified atom stereocenters. The second kappa shape index (κ2) is 3.75. The highest BCUT2D eigenvalue weighted by Gasteiger charge is 2.42. The molecule has 2 saturated heterocycles. The van der Waals surface area contributed by atoms with Gasteiger partial charge in [-0.2, -0.15) is 0 Å². The highest BCUT2D eigenvalue weighted by atomic mass is 16.2. The third-order valence-electron chi connectivity index (χ3n) is 4.22. The number of hydrogen-bond donors (Lipinski definition) is 0. The minimum Gasteiger partial charge on any atom is -0.337 e. The summed E-state index contributed by atoms with van der Waals surface area (Å²) in [5, 5.41) is 0. The van der Waals surface area contributed by atoms with E-state index in [1.165, 1.54) is 6.42 Å². The molecule has 2 heterocycles. The number of carbonyl (C=O) groups is 2. The molecule has 0 aromatic heterocycles. The summed E-state index contributed by atoms with van der Waals surface area (Å²) in [6.07, 6.45) is 5.88. The predicted octanol–water partition coefficient (Wildman–Crippen LogP) is 0.762. The maximum Gasteiger partial charge on any atom is 0.245 e. The Bertz CT molecular complexity index is 325. The zero-order chi connectivity index (χ0) is 11.1. The van der Waals surface area contributed by atoms with Gasteiger partial charge in [-0.15, -0.1) is 0 Å². The van der Waals surface area contributed by atoms with E-state index in [-0.39, 0.29) is 17.9 Å². The van der Waals surface area contributed by atoms with E-state index in [0.717, 1.165) is 32.2 Å². The summed E-state index contributed by atoms with van der Waals surface area (Å²) < 4.78 is 0. The summed E-state index contributed by atoms with van der Waals surface area (Å²) in [7, 11) is 0. The molecule has 2 aliphatic heterocycles. The summed E-state index contributed by atoms with van der Waals surface area (Å²) >= 11 is 0. The number of hydrogen-bond acceptors (Lipinski definition) is 2. The van der Waals surface area contributed by atoms with E-state index in [0.29, 0.717) is 19.0 Å². The van der Waals surface area contributed by atoms with E-state index >= 15 is 0 Å². The SMILES string of the molecule is O=C1C2CCCN2C(=O)CCN1C1CCC1. The predicted molar refractivity (Wildman–Crippen MR) is 58.7 cm³/mol. The van der Waals surface area contributed by atoms with Gasteiger partial charge in [-0.25, -0.2) is 0 Å². The van der Waals surface area contributed by atoms with Crippen LogP contribution in [0.4, 0.5) is 0 Å². The molecule has 0 radical (unpaired) electrons. The summed E-state index contributed by atoms with van der Waals surface area (Å²) in [6.45, 7) is 1.43. The Morgan fingerprint density at radius 1 is 0.938 bits per heavy atom. The van der Waals surface area contributed by atoms with E-state index in [1.807, 2.05) is 4.90 Å². The van der Waals surface area contributed by atoms with Crippen LogP contribution in [0.15, 0.2) is 0 Å². The van der Waals surface area contributed by atoms with Crippen molar-refractivity contribution >= 4 is 11.8 Å². The zero-order valence-corrected chi connectivity index (χ0v) is 9.52. The van der Waals surface area contributed by atoms with Crippen molar-refractivity contribution in [3.63, 3.8) is 0 Å². The average Bonchev–Trinajstić information content (AvgIpc) is 2.64. The Kier molecular flexibility index (Phi) is 2.37. The maximum absolute atomic E-state index is 12.3. The van der Waals surface area contributed by atoms with E-state index in [1.54, 1.807) is 4.90 Å². The lowest BCUT2D eigenvalue weighted by Gasteiger charge is -2.38. The lowest BCUT2D eigenvalue weighted by atomic mass is 9.91. The van der Waals surface area contributed by atoms with Gasteiger partial charge in [0.05, 0.1) is 0 Å². The first-order valence-corrected chi connectivity index (χ1v) is 6.37. The van der Waals surface area contributed by atoms with E-state index in [2.05, 4.69) is 0 Å². The van der Waals surface area contributed by atoms with Crippen LogP contribution in [-0.4, -0.2) is 46.8 Å². The van der Waals surface area contributed by atoms with Crippen molar-refractivity contribution in [1.29, 1.82) is 0 Å². The van der Waals surface area contributed by atoms with Crippen LogP contribution >= 0.6 is 0 Å². The van der Waals surface area contributed by atoms with Gasteiger partial charge in [-0.3, -0.25) is 9.59 Å². The van der Waals surface area contributed by atoms with Crippen molar-refractivity contribution in [3.05, 3.63) is 0 Å². The fourth-order valence-corrected chi connectivity index (χ4v) is 3.04. The number of amides is 2. The topological polar surface area (TPSA) is 40.6 Å². The Balaban J connectivity index is 1.82. The normalized spacial score (nSPS) is 31.4. The van der Waals surface area contributed by atoms with Crippen LogP contribution in [-0.2, 0) is 9.59 Å². The summed E-state index contributed by atoms with van der Waals surface area (Å²) in [5.41, 5.74) is 0. The minimum atomic E-state index is -0.129. The number of carbonyl (C=O) groups excluding carboxylic acids is 2. The first-order chi connectivity index (χ1) is 7.77. The number of nitrogens with zero attached hydrogens (tertiary/aromatic N) is 2. The Morgan fingerprint density at radius 3 is 2.44 bits per heavy atom. The van der Waals surface area contributed by atoms with Gasteiger partial charge in [0, 0.05) is 25.6 Å². The highest BCUT2D eigenvalue weighted by Crippen LogP contribution is 2.30. The molecule has 0 spiro atoms. The molecule has 1 atom stereocenters. The van der Waals surface area contributed by atoms with Crippen LogP contribution in [0.3, 0.4) is 0 Å². The van der Waals surface area contributed by atoms with Crippen LogP contribution in [0.25, 0.3) is 0 Å². The molecule has 0 bridgehead atoms. The fourth-order valence-electron chi connectivity index (χ4n) is 3.04. The van der Waals surface area contributed by atoms with Crippen LogP contribution in [0.1, 0.15) is 38.5 Å². The molecule has 3 rings (SSSR count). The van der Waals surface area contributed by atoms with Gasteiger partial charge in [0.25, 0.3) is 0 Å². The van der Waals surface area contributed by atoms with Gasteiger partial charge >= 0.3 is 0 Å². The van der Waals surface area contributed by atoms with Crippen LogP contribution in [0, 0.1) is 0 Å². The van der Waals surface area contributed by atoms with Gasteiger partial charge < -0.3 is 9.80 Å². The second-order valence-corrected chi connectivity index (χ2v) is 5.11. The summed E-state index contributed by atoms with van der Waals surface area (Å²) in [5.74, 6) is 0.394. The summed E-state index contributed by atoms with van der Waals surface area (Å²) in [4.78, 5) is 28.0. The number of rotatable bonds is 1. The van der Waals surface area contributed by atoms with Crippen LogP contribution in [0.5, 0.6) is 0 Å². The first-order valence-electron chi connectivity index (χ1n) is 6.37. The van der Waals surface area contributed by atoms with Gasteiger partial charge in [0.2, 0.25) is 11.8 Å². The molecule has 4 nitrogen and oxygen atoms in total. The molecule has 3 aliphatic rings. The van der Waals surface area contributed by atoms with Crippen molar-refractivity contribution in [3.8, 4) is 0 Å². The van der Waals surface area contributed by atoms with Crippen molar-refractivity contribution < 1.29 is 9.59 Å². The van der Waals surface area contributed by atoms with Gasteiger partial charge in [-0.1, -0.05) is 0 Å². The van der Waals surface area contributed by atoms with Crippen molar-refractivity contribution in [2.24, 2.45) is 0 Å². The molecule has 4 heteroatoms. The van der Waals surface area contributed by atoms with E-state index in [9.17, 15) is 9.59 Å². The quantitative estimate of drug-likeness (QED) is 0.657. The smallest absolute Gasteiger partial charge is 0.245 e. The van der Waals surface area contributed by atoms with E-state index < -0.39 is 0 Å². The lowest BCUT2D eigenvalue weighted by molar-refractivity contribution is -0.141. The molecule has 1 aliphatic carbocycles. The molecule has 0 aromatic carbocycles. The number of fused-ring (bicyclic) bond motifs is 1. The zero-order valence-electron chi connectivity index (χ0n) is 9.52. The van der Waals surface area contributed by atoms with Gasteiger partial charge in [-0.05, 0) is 32.1 Å². The molecule has 88 valence electrons. The van der Waals surface area contributed by atoms with Crippen LogP contribution in [0.2, 0.25) is 0 Å². The third kappa shape index (κ3) is 1.43. The van der Waals surface area contributed by atoms with Crippen molar-refractivity contribution in [2.45, 2.75) is 50.6 Å².